The Morgan fingerprint density at radius 2 is 2.25 bits per heavy atom. The van der Waals surface area contributed by atoms with Gasteiger partial charge in [-0.3, -0.25) is 4.98 Å². The quantitative estimate of drug-likeness (QED) is 0.890. The van der Waals surface area contributed by atoms with Crippen molar-refractivity contribution >= 4 is 49.8 Å². The summed E-state index contributed by atoms with van der Waals surface area (Å²) in [6.07, 6.45) is 1.63. The maximum Gasteiger partial charge on any atom is 0.0911 e. The zero-order chi connectivity index (χ0) is 11.7. The Morgan fingerprint density at radius 3 is 2.94 bits per heavy atom. The normalized spacial score (nSPS) is 10.7. The van der Waals surface area contributed by atoms with Crippen LogP contribution in [-0.4, -0.2) is 11.5 Å². The van der Waals surface area contributed by atoms with E-state index in [2.05, 4.69) is 26.2 Å². The van der Waals surface area contributed by atoms with Crippen molar-refractivity contribution in [3.63, 3.8) is 0 Å². The number of rotatable bonds is 2. The Morgan fingerprint density at radius 1 is 1.50 bits per heavy atom. The molecule has 84 valence electrons. The molecule has 1 aromatic carbocycles. The highest BCUT2D eigenvalue weighted by atomic mass is 79.9. The molecule has 2 rings (SSSR count). The highest BCUT2D eigenvalue weighted by molar-refractivity contribution is 9.10. The van der Waals surface area contributed by atoms with E-state index in [0.29, 0.717) is 10.7 Å². The average Bonchev–Trinajstić information content (AvgIpc) is 2.22. The lowest BCUT2D eigenvalue weighted by atomic mass is 10.1. The van der Waals surface area contributed by atoms with Gasteiger partial charge in [-0.1, -0.05) is 27.5 Å². The number of hydrogen-bond donors (Lipinski definition) is 2. The van der Waals surface area contributed by atoms with Crippen molar-refractivity contribution in [3.8, 4) is 0 Å². The number of nitrogens with one attached hydrogen (secondary N) is 1. The van der Waals surface area contributed by atoms with Crippen LogP contribution in [0, 0.1) is 0 Å². The van der Waals surface area contributed by atoms with Gasteiger partial charge in [-0.15, -0.1) is 0 Å². The Labute approximate surface area is 107 Å². The van der Waals surface area contributed by atoms with Crippen molar-refractivity contribution in [3.05, 3.63) is 27.8 Å². The summed E-state index contributed by atoms with van der Waals surface area (Å²) in [5.74, 6) is 0. The van der Waals surface area contributed by atoms with Crippen LogP contribution in [-0.2, 0) is 0 Å². The molecular weight excluding hydrogens is 289 g/mol. The third-order valence-corrected chi connectivity index (χ3v) is 3.02. The first-order valence-corrected chi connectivity index (χ1v) is 6.07. The molecule has 16 heavy (non-hydrogen) atoms. The van der Waals surface area contributed by atoms with Crippen LogP contribution in [0.15, 0.2) is 22.8 Å². The summed E-state index contributed by atoms with van der Waals surface area (Å²) in [5.41, 5.74) is 8.16. The summed E-state index contributed by atoms with van der Waals surface area (Å²) in [6, 6.07) is 3.78. The minimum Gasteiger partial charge on any atom is -0.396 e. The highest BCUT2D eigenvalue weighted by Gasteiger charge is 2.09. The fourth-order valence-electron chi connectivity index (χ4n) is 1.62. The van der Waals surface area contributed by atoms with Crippen molar-refractivity contribution in [1.29, 1.82) is 0 Å². The summed E-state index contributed by atoms with van der Waals surface area (Å²) in [7, 11) is 0. The molecule has 1 aromatic heterocycles. The molecule has 0 fully saturated rings. The second kappa shape index (κ2) is 4.47. The number of aromatic nitrogens is 1. The molecular formula is C11H11BrClN3. The molecule has 0 spiro atoms. The molecule has 0 unspecified atom stereocenters. The Hall–Kier alpha value is -1.000. The molecule has 0 bridgehead atoms. The lowest BCUT2D eigenvalue weighted by Gasteiger charge is -2.11. The van der Waals surface area contributed by atoms with E-state index >= 15 is 0 Å². The maximum absolute atomic E-state index is 6.13. The number of nitrogen functional groups attached to an aromatic ring is 1. The number of anilines is 2. The van der Waals surface area contributed by atoms with Gasteiger partial charge in [0.15, 0.2) is 0 Å². The van der Waals surface area contributed by atoms with E-state index in [9.17, 15) is 0 Å². The fourth-order valence-corrected chi connectivity index (χ4v) is 2.47. The van der Waals surface area contributed by atoms with Crippen LogP contribution in [0.25, 0.3) is 10.9 Å². The van der Waals surface area contributed by atoms with E-state index in [0.717, 1.165) is 27.6 Å². The minimum absolute atomic E-state index is 0.614. The van der Waals surface area contributed by atoms with Crippen molar-refractivity contribution < 1.29 is 0 Å². The third-order valence-electron chi connectivity index (χ3n) is 2.27. The predicted molar refractivity (Wildman–Crippen MR) is 73.0 cm³/mol. The van der Waals surface area contributed by atoms with E-state index in [4.69, 9.17) is 17.3 Å². The number of nitrogens with two attached hydrogens (primary N) is 1. The van der Waals surface area contributed by atoms with Gasteiger partial charge in [-0.05, 0) is 19.1 Å². The Balaban J connectivity index is 2.80. The third kappa shape index (κ3) is 1.95. The highest BCUT2D eigenvalue weighted by Crippen LogP contribution is 2.34. The summed E-state index contributed by atoms with van der Waals surface area (Å²) in [4.78, 5) is 4.25. The van der Waals surface area contributed by atoms with Crippen LogP contribution < -0.4 is 11.1 Å². The van der Waals surface area contributed by atoms with Crippen LogP contribution in [0.2, 0.25) is 5.02 Å². The molecule has 0 aliphatic carbocycles. The van der Waals surface area contributed by atoms with Crippen molar-refractivity contribution in [2.24, 2.45) is 0 Å². The summed E-state index contributed by atoms with van der Waals surface area (Å²) < 4.78 is 0.913. The van der Waals surface area contributed by atoms with Gasteiger partial charge in [-0.25, -0.2) is 0 Å². The van der Waals surface area contributed by atoms with E-state index in [-0.39, 0.29) is 0 Å². The van der Waals surface area contributed by atoms with E-state index in [1.807, 2.05) is 19.1 Å². The van der Waals surface area contributed by atoms with Gasteiger partial charge >= 0.3 is 0 Å². The molecule has 0 radical (unpaired) electrons. The first-order chi connectivity index (χ1) is 7.63. The first kappa shape index (κ1) is 11.5. The number of halogens is 2. The molecule has 2 aromatic rings. The molecule has 0 aliphatic heterocycles. The molecule has 1 heterocycles. The zero-order valence-corrected chi connectivity index (χ0v) is 11.1. The molecule has 0 atom stereocenters. The van der Waals surface area contributed by atoms with Gasteiger partial charge in [0.2, 0.25) is 0 Å². The molecule has 0 aliphatic rings. The maximum atomic E-state index is 6.13. The van der Waals surface area contributed by atoms with Crippen LogP contribution in [0.5, 0.6) is 0 Å². The van der Waals surface area contributed by atoms with Crippen LogP contribution in [0.4, 0.5) is 11.4 Å². The largest absolute Gasteiger partial charge is 0.396 e. The molecule has 5 heteroatoms. The second-order valence-electron chi connectivity index (χ2n) is 3.40. The fraction of sp³-hybridized carbons (Fsp3) is 0.182. The van der Waals surface area contributed by atoms with Crippen LogP contribution in [0.1, 0.15) is 6.92 Å². The van der Waals surface area contributed by atoms with Crippen molar-refractivity contribution in [2.45, 2.75) is 6.92 Å². The van der Waals surface area contributed by atoms with Crippen LogP contribution in [0.3, 0.4) is 0 Å². The summed E-state index contributed by atoms with van der Waals surface area (Å²) >= 11 is 9.54. The number of pyridine rings is 1. The number of fused-ring (bicyclic) bond motifs is 1. The van der Waals surface area contributed by atoms with Crippen molar-refractivity contribution in [1.82, 2.24) is 4.98 Å². The molecule has 0 saturated carbocycles. The lowest BCUT2D eigenvalue weighted by molar-refractivity contribution is 1.21. The number of nitrogens with zero attached hydrogens (tertiary/aromatic N) is 1. The SMILES string of the molecule is CCNc1c(N)cnc2c(Cl)cc(Br)cc12. The number of benzene rings is 1. The first-order valence-electron chi connectivity index (χ1n) is 4.90. The van der Waals surface area contributed by atoms with Crippen LogP contribution >= 0.6 is 27.5 Å². The average molecular weight is 301 g/mol. The summed E-state index contributed by atoms with van der Waals surface area (Å²) in [5, 5.41) is 4.77. The zero-order valence-electron chi connectivity index (χ0n) is 8.72. The lowest BCUT2D eigenvalue weighted by Crippen LogP contribution is -2.02. The smallest absolute Gasteiger partial charge is 0.0911 e. The topological polar surface area (TPSA) is 50.9 Å². The Bertz CT molecular complexity index is 542. The Kier molecular flexibility index (Phi) is 3.21. The van der Waals surface area contributed by atoms with Gasteiger partial charge < -0.3 is 11.1 Å². The number of hydrogen-bond acceptors (Lipinski definition) is 3. The summed E-state index contributed by atoms with van der Waals surface area (Å²) in [6.45, 7) is 2.82. The van der Waals surface area contributed by atoms with Crippen molar-refractivity contribution in [2.75, 3.05) is 17.6 Å². The molecule has 3 nitrogen and oxygen atoms in total. The van der Waals surface area contributed by atoms with Gasteiger partial charge in [0.1, 0.15) is 0 Å². The molecule has 0 amide bonds. The molecule has 3 N–H and O–H groups in total. The monoisotopic (exact) mass is 299 g/mol. The second-order valence-corrected chi connectivity index (χ2v) is 4.73. The van der Waals surface area contributed by atoms with Gasteiger partial charge in [-0.2, -0.15) is 0 Å². The van der Waals surface area contributed by atoms with E-state index < -0.39 is 0 Å². The molecule has 0 saturated heterocycles. The van der Waals surface area contributed by atoms with E-state index in [1.54, 1.807) is 6.20 Å². The van der Waals surface area contributed by atoms with E-state index in [1.165, 1.54) is 0 Å². The predicted octanol–water partition coefficient (Wildman–Crippen LogP) is 3.66. The van der Waals surface area contributed by atoms with Gasteiger partial charge in [0, 0.05) is 16.4 Å². The van der Waals surface area contributed by atoms with Gasteiger partial charge in [0.05, 0.1) is 28.1 Å². The van der Waals surface area contributed by atoms with Gasteiger partial charge in [0.25, 0.3) is 0 Å². The standard InChI is InChI=1S/C11H11BrClN3/c1-2-15-11-7-3-6(12)4-8(13)10(7)16-5-9(11)14/h3-5H,2,14H2,1H3,(H,15,16). The minimum atomic E-state index is 0.614.